The van der Waals surface area contributed by atoms with E-state index in [1.165, 1.54) is 0 Å². The average molecular weight is 316 g/mol. The van der Waals surface area contributed by atoms with Gasteiger partial charge in [0.15, 0.2) is 23.8 Å². The highest BCUT2D eigenvalue weighted by molar-refractivity contribution is 5.78. The summed E-state index contributed by atoms with van der Waals surface area (Å²) in [6.07, 6.45) is -2.56. The van der Waals surface area contributed by atoms with Crippen molar-refractivity contribution in [2.75, 3.05) is 13.2 Å². The fourth-order valence-electron chi connectivity index (χ4n) is 3.21. The minimum atomic E-state index is -0.856. The Labute approximate surface area is 130 Å². The van der Waals surface area contributed by atoms with Crippen LogP contribution < -0.4 is 0 Å². The zero-order valence-corrected chi connectivity index (χ0v) is 13.7. The molecule has 0 saturated carbocycles. The first-order valence-electron chi connectivity index (χ1n) is 7.72. The first-order valence-corrected chi connectivity index (χ1v) is 7.72. The van der Waals surface area contributed by atoms with Crippen molar-refractivity contribution < 1.29 is 33.2 Å². The second-order valence-electron chi connectivity index (χ2n) is 6.71. The van der Waals surface area contributed by atoms with E-state index in [1.807, 2.05) is 34.6 Å². The fraction of sp³-hybridized carbons (Fsp3) is 0.933. The van der Waals surface area contributed by atoms with Gasteiger partial charge >= 0.3 is 5.97 Å². The van der Waals surface area contributed by atoms with E-state index < -0.39 is 42.0 Å². The van der Waals surface area contributed by atoms with E-state index in [0.29, 0.717) is 13.2 Å². The van der Waals surface area contributed by atoms with E-state index in [1.54, 1.807) is 0 Å². The highest BCUT2D eigenvalue weighted by atomic mass is 16.8. The predicted molar refractivity (Wildman–Crippen MR) is 74.0 cm³/mol. The van der Waals surface area contributed by atoms with Crippen LogP contribution in [0.1, 0.15) is 34.6 Å². The Kier molecular flexibility index (Phi) is 3.98. The van der Waals surface area contributed by atoms with E-state index in [9.17, 15) is 4.79 Å². The molecule has 126 valence electrons. The summed E-state index contributed by atoms with van der Waals surface area (Å²) < 4.78 is 34.3. The lowest BCUT2D eigenvalue weighted by molar-refractivity contribution is -0.343. The van der Waals surface area contributed by atoms with Gasteiger partial charge in [-0.1, -0.05) is 0 Å². The Bertz CT molecular complexity index is 447. The minimum Gasteiger partial charge on any atom is -0.455 e. The van der Waals surface area contributed by atoms with Gasteiger partial charge in [-0.05, 0) is 34.6 Å². The van der Waals surface area contributed by atoms with Crippen molar-refractivity contribution in [3.63, 3.8) is 0 Å². The van der Waals surface area contributed by atoms with Gasteiger partial charge in [-0.3, -0.25) is 0 Å². The molecule has 0 N–H and O–H groups in total. The van der Waals surface area contributed by atoms with Crippen molar-refractivity contribution in [3.8, 4) is 0 Å². The molecule has 3 heterocycles. The molecule has 3 aliphatic rings. The zero-order chi connectivity index (χ0) is 16.1. The summed E-state index contributed by atoms with van der Waals surface area (Å²) in [7, 11) is 0. The molecule has 3 saturated heterocycles. The number of carbonyl (C=O) groups is 1. The third-order valence-corrected chi connectivity index (χ3v) is 4.01. The normalized spacial score (nSPS) is 43.0. The van der Waals surface area contributed by atoms with Gasteiger partial charge in [0.2, 0.25) is 0 Å². The quantitative estimate of drug-likeness (QED) is 0.719. The van der Waals surface area contributed by atoms with Crippen molar-refractivity contribution in [3.05, 3.63) is 0 Å². The Morgan fingerprint density at radius 3 is 2.32 bits per heavy atom. The minimum absolute atomic E-state index is 0.321. The molecule has 3 fully saturated rings. The fourth-order valence-corrected chi connectivity index (χ4v) is 3.21. The number of hydrogen-bond acceptors (Lipinski definition) is 7. The molecule has 3 rings (SSSR count). The lowest BCUT2D eigenvalue weighted by Gasteiger charge is -2.44. The van der Waals surface area contributed by atoms with Crippen LogP contribution in [0.5, 0.6) is 0 Å². The molecule has 7 heteroatoms. The highest BCUT2D eigenvalue weighted by Gasteiger charge is 2.59. The van der Waals surface area contributed by atoms with E-state index >= 15 is 0 Å². The molecule has 0 spiro atoms. The Hall–Kier alpha value is -0.730. The number of ether oxygens (including phenoxy) is 6. The molecule has 0 amide bonds. The van der Waals surface area contributed by atoms with Crippen molar-refractivity contribution in [1.82, 2.24) is 0 Å². The number of hydrogen-bond donors (Lipinski definition) is 0. The summed E-state index contributed by atoms with van der Waals surface area (Å²) in [4.78, 5) is 12.1. The maximum Gasteiger partial charge on any atom is 0.338 e. The van der Waals surface area contributed by atoms with E-state index in [-0.39, 0.29) is 6.10 Å². The van der Waals surface area contributed by atoms with Crippen molar-refractivity contribution in [2.45, 2.75) is 76.7 Å². The molecule has 3 aliphatic heterocycles. The van der Waals surface area contributed by atoms with Gasteiger partial charge in [0.05, 0.1) is 6.61 Å². The predicted octanol–water partition coefficient (Wildman–Crippen LogP) is 0.988. The van der Waals surface area contributed by atoms with E-state index in [0.717, 1.165) is 0 Å². The van der Waals surface area contributed by atoms with Crippen LogP contribution in [0.15, 0.2) is 0 Å². The summed E-state index contributed by atoms with van der Waals surface area (Å²) in [6, 6.07) is 0. The molecule has 0 bridgehead atoms. The highest BCUT2D eigenvalue weighted by Crippen LogP contribution is 2.39. The summed E-state index contributed by atoms with van der Waals surface area (Å²) in [6.45, 7) is 9.93. The second-order valence-corrected chi connectivity index (χ2v) is 6.71. The lowest BCUT2D eigenvalue weighted by Crippen LogP contribution is -2.59. The van der Waals surface area contributed by atoms with Gasteiger partial charge < -0.3 is 28.4 Å². The van der Waals surface area contributed by atoms with Crippen LogP contribution in [0.4, 0.5) is 0 Å². The molecule has 0 aromatic carbocycles. The van der Waals surface area contributed by atoms with Crippen LogP contribution in [0, 0.1) is 0 Å². The molecule has 5 atom stereocenters. The van der Waals surface area contributed by atoms with Gasteiger partial charge in [0, 0.05) is 6.61 Å². The van der Waals surface area contributed by atoms with E-state index in [4.69, 9.17) is 28.4 Å². The van der Waals surface area contributed by atoms with Crippen LogP contribution in [-0.2, 0) is 33.2 Å². The topological polar surface area (TPSA) is 72.5 Å². The van der Waals surface area contributed by atoms with Crippen molar-refractivity contribution >= 4 is 5.97 Å². The smallest absolute Gasteiger partial charge is 0.338 e. The summed E-state index contributed by atoms with van der Waals surface area (Å²) >= 11 is 0. The Morgan fingerprint density at radius 1 is 1.05 bits per heavy atom. The largest absolute Gasteiger partial charge is 0.455 e. The SMILES string of the molecule is CCO[C@H]1C(=O)O[C@@H]2[C@H]1OC(C)(C)O[C@@H]2[C@H]1COC(C)(C)O1. The van der Waals surface area contributed by atoms with Gasteiger partial charge in [-0.15, -0.1) is 0 Å². The first kappa shape index (κ1) is 16.1. The first-order chi connectivity index (χ1) is 10.2. The lowest BCUT2D eigenvalue weighted by atomic mass is 9.99. The molecule has 0 aromatic rings. The van der Waals surface area contributed by atoms with Crippen molar-refractivity contribution in [2.24, 2.45) is 0 Å². The molecular weight excluding hydrogens is 292 g/mol. The van der Waals surface area contributed by atoms with Crippen LogP contribution in [0.25, 0.3) is 0 Å². The van der Waals surface area contributed by atoms with Gasteiger partial charge in [0.25, 0.3) is 0 Å². The molecule has 7 nitrogen and oxygen atoms in total. The number of carbonyl (C=O) groups excluding carboxylic acids is 1. The standard InChI is InChI=1S/C15H24O7/c1-6-17-12-11-10(19-13(12)16)9(21-15(4,5)22-11)8-7-18-14(2,3)20-8/h8-12H,6-7H2,1-5H3/t8-,9-,10+,11-,12-/m1/s1. The molecule has 0 aromatic heterocycles. The summed E-state index contributed by atoms with van der Waals surface area (Å²) in [5, 5.41) is 0. The molecule has 0 unspecified atom stereocenters. The van der Waals surface area contributed by atoms with Crippen LogP contribution >= 0.6 is 0 Å². The van der Waals surface area contributed by atoms with Crippen LogP contribution in [0.2, 0.25) is 0 Å². The maximum atomic E-state index is 12.1. The zero-order valence-electron chi connectivity index (χ0n) is 13.7. The average Bonchev–Trinajstić information content (AvgIpc) is 2.90. The van der Waals surface area contributed by atoms with Crippen molar-refractivity contribution in [1.29, 1.82) is 0 Å². The third kappa shape index (κ3) is 2.88. The third-order valence-electron chi connectivity index (χ3n) is 4.01. The molecule has 22 heavy (non-hydrogen) atoms. The number of rotatable bonds is 3. The Balaban J connectivity index is 1.83. The summed E-state index contributed by atoms with van der Waals surface area (Å²) in [5.74, 6) is -1.94. The van der Waals surface area contributed by atoms with Crippen LogP contribution in [-0.4, -0.2) is 61.3 Å². The molecule has 0 radical (unpaired) electrons. The van der Waals surface area contributed by atoms with Gasteiger partial charge in [-0.2, -0.15) is 0 Å². The number of esters is 1. The van der Waals surface area contributed by atoms with E-state index in [2.05, 4.69) is 0 Å². The van der Waals surface area contributed by atoms with Crippen LogP contribution in [0.3, 0.4) is 0 Å². The monoisotopic (exact) mass is 316 g/mol. The second kappa shape index (κ2) is 5.42. The van der Waals surface area contributed by atoms with Gasteiger partial charge in [-0.25, -0.2) is 4.79 Å². The summed E-state index contributed by atoms with van der Waals surface area (Å²) in [5.41, 5.74) is 0. The number of fused-ring (bicyclic) bond motifs is 1. The van der Waals surface area contributed by atoms with Gasteiger partial charge in [0.1, 0.15) is 18.3 Å². The Morgan fingerprint density at radius 2 is 1.73 bits per heavy atom. The molecular formula is C15H24O7. The maximum absolute atomic E-state index is 12.1. The molecule has 0 aliphatic carbocycles.